The zero-order valence-corrected chi connectivity index (χ0v) is 12.8. The summed E-state index contributed by atoms with van der Waals surface area (Å²) in [5.74, 6) is -50.8. The highest BCUT2D eigenvalue weighted by molar-refractivity contribution is 5.87. The predicted octanol–water partition coefficient (Wildman–Crippen LogP) is 5.90. The van der Waals surface area contributed by atoms with E-state index in [0.717, 1.165) is 0 Å². The maximum Gasteiger partial charge on any atom is 0.460 e. The summed E-state index contributed by atoms with van der Waals surface area (Å²) in [5.41, 5.74) is 0. The summed E-state index contributed by atoms with van der Waals surface area (Å²) in [6.07, 6.45) is -9.72. The van der Waals surface area contributed by atoms with Crippen LogP contribution in [0, 0.1) is 0 Å². The van der Waals surface area contributed by atoms with Gasteiger partial charge in [0.25, 0.3) is 0 Å². The number of ketones is 1. The second-order valence-electron chi connectivity index (χ2n) is 5.19. The van der Waals surface area contributed by atoms with Crippen molar-refractivity contribution >= 4 is 5.78 Å². The molecule has 16 heteroatoms. The molecular weight excluding hydrogens is 445 g/mol. The van der Waals surface area contributed by atoms with Crippen molar-refractivity contribution in [1.82, 2.24) is 0 Å². The molecule has 0 bridgehead atoms. The van der Waals surface area contributed by atoms with E-state index in [1.165, 1.54) is 0 Å². The Morgan fingerprint density at radius 1 is 0.607 bits per heavy atom. The van der Waals surface area contributed by atoms with E-state index in [0.29, 0.717) is 6.08 Å². The summed E-state index contributed by atoms with van der Waals surface area (Å²) in [6, 6.07) is 0. The molecule has 0 rings (SSSR count). The Kier molecular flexibility index (Phi) is 6.59. The number of hydrogen-bond acceptors (Lipinski definition) is 1. The van der Waals surface area contributed by atoms with Gasteiger partial charge in [0.15, 0.2) is 0 Å². The Bertz CT molecular complexity index is 601. The number of allylic oxidation sites excluding steroid dienone is 1. The van der Waals surface area contributed by atoms with Crippen molar-refractivity contribution in [2.24, 2.45) is 0 Å². The van der Waals surface area contributed by atoms with Crippen LogP contribution in [0.1, 0.15) is 12.8 Å². The van der Waals surface area contributed by atoms with E-state index in [9.17, 15) is 70.7 Å². The van der Waals surface area contributed by atoms with Crippen molar-refractivity contribution in [3.8, 4) is 0 Å². The third-order valence-corrected chi connectivity index (χ3v) is 3.25. The molecule has 28 heavy (non-hydrogen) atoms. The lowest BCUT2D eigenvalue weighted by atomic mass is 9.89. The molecule has 0 aromatic carbocycles. The SMILES string of the molecule is C=CCCC(=O)C(F)(F)C(F)(F)C(F)(F)C(F)(F)C(F)(F)C(F)(F)C(F)(F)F. The molecule has 0 aromatic rings. The minimum absolute atomic E-state index is 0.594. The fourth-order valence-corrected chi connectivity index (χ4v) is 1.53. The van der Waals surface area contributed by atoms with Gasteiger partial charge in [-0.15, -0.1) is 6.58 Å². The van der Waals surface area contributed by atoms with Gasteiger partial charge in [0.1, 0.15) is 0 Å². The summed E-state index contributed by atoms with van der Waals surface area (Å²) in [7, 11) is 0. The van der Waals surface area contributed by atoms with E-state index in [1.54, 1.807) is 0 Å². The first-order chi connectivity index (χ1) is 12.0. The maximum absolute atomic E-state index is 13.3. The molecule has 0 radical (unpaired) electrons. The Hall–Kier alpha value is -1.64. The lowest BCUT2D eigenvalue weighted by Gasteiger charge is -2.41. The van der Waals surface area contributed by atoms with E-state index >= 15 is 0 Å². The molecule has 0 aliphatic heterocycles. The fraction of sp³-hybridized carbons (Fsp3) is 0.750. The summed E-state index contributed by atoms with van der Waals surface area (Å²) >= 11 is 0. The van der Waals surface area contributed by atoms with Gasteiger partial charge in [0.05, 0.1) is 0 Å². The lowest BCUT2D eigenvalue weighted by molar-refractivity contribution is -0.449. The molecule has 0 N–H and O–H groups in total. The highest BCUT2D eigenvalue weighted by atomic mass is 19.4. The van der Waals surface area contributed by atoms with E-state index in [4.69, 9.17) is 0 Å². The zero-order chi connectivity index (χ0) is 23.2. The smallest absolute Gasteiger partial charge is 0.293 e. The van der Waals surface area contributed by atoms with Crippen molar-refractivity contribution < 1.29 is 70.7 Å². The molecular formula is C12H7F15O. The number of carbonyl (C=O) groups excluding carboxylic acids is 1. The van der Waals surface area contributed by atoms with E-state index in [-0.39, 0.29) is 0 Å². The van der Waals surface area contributed by atoms with E-state index < -0.39 is 60.3 Å². The van der Waals surface area contributed by atoms with Gasteiger partial charge in [-0.1, -0.05) is 6.08 Å². The van der Waals surface area contributed by atoms with Crippen LogP contribution >= 0.6 is 0 Å². The zero-order valence-electron chi connectivity index (χ0n) is 12.8. The Morgan fingerprint density at radius 2 is 0.929 bits per heavy atom. The minimum Gasteiger partial charge on any atom is -0.293 e. The van der Waals surface area contributed by atoms with Crippen molar-refractivity contribution in [2.75, 3.05) is 0 Å². The van der Waals surface area contributed by atoms with Crippen molar-refractivity contribution in [3.63, 3.8) is 0 Å². The average molecular weight is 452 g/mol. The summed E-state index contributed by atoms with van der Waals surface area (Å²) in [6.45, 7) is 2.81. The molecule has 0 unspecified atom stereocenters. The molecule has 166 valence electrons. The monoisotopic (exact) mass is 452 g/mol. The van der Waals surface area contributed by atoms with Crippen LogP contribution in [0.4, 0.5) is 65.9 Å². The van der Waals surface area contributed by atoms with Gasteiger partial charge in [-0.05, 0) is 6.42 Å². The van der Waals surface area contributed by atoms with Crippen molar-refractivity contribution in [2.45, 2.75) is 54.6 Å². The normalized spacial score (nSPS) is 15.5. The van der Waals surface area contributed by atoms with Gasteiger partial charge in [-0.2, -0.15) is 65.9 Å². The summed E-state index contributed by atoms with van der Waals surface area (Å²) < 4.78 is 192. The third kappa shape index (κ3) is 3.42. The van der Waals surface area contributed by atoms with E-state index in [2.05, 4.69) is 6.58 Å². The number of rotatable bonds is 9. The molecule has 0 aromatic heterocycles. The van der Waals surface area contributed by atoms with Gasteiger partial charge in [0, 0.05) is 6.42 Å². The van der Waals surface area contributed by atoms with Gasteiger partial charge < -0.3 is 0 Å². The van der Waals surface area contributed by atoms with Gasteiger partial charge >= 0.3 is 41.7 Å². The molecule has 0 heterocycles. The Morgan fingerprint density at radius 3 is 1.25 bits per heavy atom. The molecule has 0 aliphatic carbocycles. The second kappa shape index (κ2) is 7.00. The molecule has 0 atom stereocenters. The van der Waals surface area contributed by atoms with Gasteiger partial charge in [-0.25, -0.2) is 0 Å². The van der Waals surface area contributed by atoms with Crippen LogP contribution < -0.4 is 0 Å². The summed E-state index contributed by atoms with van der Waals surface area (Å²) in [4.78, 5) is 10.9. The standard InChI is InChI=1S/C12H7F15O/c1-2-3-4-5(28)6(13,14)7(15,16)8(17,18)9(19,20)10(21,22)11(23,24)12(25,26)27/h2H,1,3-4H2. The largest absolute Gasteiger partial charge is 0.460 e. The van der Waals surface area contributed by atoms with Crippen LogP contribution in [0.5, 0.6) is 0 Å². The molecule has 1 nitrogen and oxygen atoms in total. The van der Waals surface area contributed by atoms with Crippen molar-refractivity contribution in [1.29, 1.82) is 0 Å². The highest BCUT2D eigenvalue weighted by Gasteiger charge is 2.93. The molecule has 0 spiro atoms. The first kappa shape index (κ1) is 26.4. The van der Waals surface area contributed by atoms with Crippen LogP contribution in [-0.4, -0.2) is 47.5 Å². The number of hydrogen-bond donors (Lipinski definition) is 0. The molecule has 0 saturated carbocycles. The van der Waals surface area contributed by atoms with Crippen LogP contribution in [0.25, 0.3) is 0 Å². The third-order valence-electron chi connectivity index (χ3n) is 3.25. The molecule has 0 fully saturated rings. The second-order valence-corrected chi connectivity index (χ2v) is 5.19. The molecule has 0 saturated heterocycles. The number of halogens is 15. The predicted molar refractivity (Wildman–Crippen MR) is 60.2 cm³/mol. The fourth-order valence-electron chi connectivity index (χ4n) is 1.53. The highest BCUT2D eigenvalue weighted by Crippen LogP contribution is 2.62. The molecule has 0 aliphatic rings. The van der Waals surface area contributed by atoms with E-state index in [1.807, 2.05) is 0 Å². The average Bonchev–Trinajstić information content (AvgIpc) is 2.50. The maximum atomic E-state index is 13.3. The first-order valence-electron chi connectivity index (χ1n) is 6.46. The van der Waals surface area contributed by atoms with Gasteiger partial charge in [0.2, 0.25) is 5.78 Å². The quantitative estimate of drug-likeness (QED) is 0.315. The van der Waals surface area contributed by atoms with Crippen LogP contribution in [0.3, 0.4) is 0 Å². The number of alkyl halides is 15. The molecule has 0 amide bonds. The van der Waals surface area contributed by atoms with Crippen LogP contribution in [0.2, 0.25) is 0 Å². The Labute approximate surface area is 145 Å². The van der Waals surface area contributed by atoms with Gasteiger partial charge in [-0.3, -0.25) is 4.79 Å². The topological polar surface area (TPSA) is 17.1 Å². The minimum atomic E-state index is -8.38. The van der Waals surface area contributed by atoms with Crippen LogP contribution in [0.15, 0.2) is 12.7 Å². The first-order valence-corrected chi connectivity index (χ1v) is 6.46. The number of carbonyl (C=O) groups is 1. The van der Waals surface area contributed by atoms with Crippen molar-refractivity contribution in [3.05, 3.63) is 12.7 Å². The lowest BCUT2D eigenvalue weighted by Crippen LogP contribution is -2.73. The van der Waals surface area contributed by atoms with Crippen LogP contribution in [-0.2, 0) is 4.79 Å². The number of Topliss-reactive ketones (excluding diaryl/α,β-unsaturated/α-hetero) is 1. The Balaban J connectivity index is 6.47. The summed E-state index contributed by atoms with van der Waals surface area (Å²) in [5, 5.41) is 0.